The van der Waals surface area contributed by atoms with Crippen molar-refractivity contribution in [1.82, 2.24) is 5.32 Å². The Bertz CT molecular complexity index is 621. The van der Waals surface area contributed by atoms with E-state index in [0.717, 1.165) is 5.56 Å². The minimum Gasteiger partial charge on any atom is -0.376 e. The first-order chi connectivity index (χ1) is 9.60. The highest BCUT2D eigenvalue weighted by Crippen LogP contribution is 2.36. The Morgan fingerprint density at radius 1 is 1.20 bits per heavy atom. The molecule has 1 heterocycles. The Labute approximate surface area is 114 Å². The van der Waals surface area contributed by atoms with E-state index in [-0.39, 0.29) is 5.82 Å². The fraction of sp³-hybridized carbons (Fsp3) is 0.200. The first-order valence-corrected chi connectivity index (χ1v) is 6.23. The van der Waals surface area contributed by atoms with Gasteiger partial charge in [-0.05, 0) is 24.1 Å². The summed E-state index contributed by atoms with van der Waals surface area (Å²) in [5.41, 5.74) is -0.176. The SMILES string of the molecule is O=C1NC2C=CC=CC2(Cc2ccc(F)cc2)C(=O)O1. The van der Waals surface area contributed by atoms with Gasteiger partial charge in [-0.3, -0.25) is 4.79 Å². The van der Waals surface area contributed by atoms with E-state index in [4.69, 9.17) is 4.74 Å². The molecule has 1 aliphatic carbocycles. The summed E-state index contributed by atoms with van der Waals surface area (Å²) in [6.45, 7) is 0. The number of hydrogen-bond donors (Lipinski definition) is 1. The number of amides is 1. The maximum atomic E-state index is 13.0. The molecule has 1 amide bonds. The Hall–Kier alpha value is -2.43. The third kappa shape index (κ3) is 2.01. The lowest BCUT2D eigenvalue weighted by molar-refractivity contribution is -0.150. The van der Waals surface area contributed by atoms with Gasteiger partial charge in [-0.1, -0.05) is 36.4 Å². The maximum absolute atomic E-state index is 13.0. The molecule has 1 aromatic carbocycles. The van der Waals surface area contributed by atoms with Crippen LogP contribution in [0.25, 0.3) is 0 Å². The van der Waals surface area contributed by atoms with Gasteiger partial charge in [0.2, 0.25) is 0 Å². The summed E-state index contributed by atoms with van der Waals surface area (Å²) in [6, 6.07) is 5.48. The molecule has 3 rings (SSSR count). The van der Waals surface area contributed by atoms with Gasteiger partial charge in [-0.2, -0.15) is 0 Å². The van der Waals surface area contributed by atoms with Crippen LogP contribution in [0.4, 0.5) is 9.18 Å². The van der Waals surface area contributed by atoms with Crippen LogP contribution in [0.3, 0.4) is 0 Å². The van der Waals surface area contributed by atoms with Crippen molar-refractivity contribution in [1.29, 1.82) is 0 Å². The Morgan fingerprint density at radius 2 is 1.95 bits per heavy atom. The molecule has 1 N–H and O–H groups in total. The molecule has 1 fully saturated rings. The smallest absolute Gasteiger partial charge is 0.376 e. The topological polar surface area (TPSA) is 55.4 Å². The molecule has 1 saturated heterocycles. The molecule has 5 heteroatoms. The molecule has 2 atom stereocenters. The van der Waals surface area contributed by atoms with E-state index in [2.05, 4.69) is 5.32 Å². The van der Waals surface area contributed by atoms with Crippen LogP contribution in [-0.2, 0) is 16.0 Å². The maximum Gasteiger partial charge on any atom is 0.415 e. The average Bonchev–Trinajstić information content (AvgIpc) is 2.42. The molecule has 0 bridgehead atoms. The normalized spacial score (nSPS) is 27.8. The summed E-state index contributed by atoms with van der Waals surface area (Å²) < 4.78 is 17.7. The summed E-state index contributed by atoms with van der Waals surface area (Å²) in [7, 11) is 0. The van der Waals surface area contributed by atoms with Crippen LogP contribution in [0.2, 0.25) is 0 Å². The number of carbonyl (C=O) groups excluding carboxylic acids is 2. The second kappa shape index (κ2) is 4.59. The van der Waals surface area contributed by atoms with Crippen molar-refractivity contribution in [2.45, 2.75) is 12.5 Å². The number of allylic oxidation sites excluding steroid dienone is 2. The molecule has 1 aliphatic heterocycles. The molecular formula is C15H12FNO3. The predicted octanol–water partition coefficient (Wildman–Crippen LogP) is 2.12. The standard InChI is InChI=1S/C15H12FNO3/c16-11-6-4-10(5-7-11)9-15-8-2-1-3-12(15)17-14(19)20-13(15)18/h1-8,12H,9H2,(H,17,19). The van der Waals surface area contributed by atoms with Crippen LogP contribution in [0.5, 0.6) is 0 Å². The van der Waals surface area contributed by atoms with Crippen LogP contribution < -0.4 is 5.32 Å². The van der Waals surface area contributed by atoms with Gasteiger partial charge in [0, 0.05) is 0 Å². The third-order valence-electron chi connectivity index (χ3n) is 3.61. The first-order valence-electron chi connectivity index (χ1n) is 6.23. The molecule has 2 aliphatic rings. The number of benzene rings is 1. The van der Waals surface area contributed by atoms with E-state index in [0.29, 0.717) is 6.42 Å². The highest BCUT2D eigenvalue weighted by atomic mass is 19.1. The number of hydrogen-bond acceptors (Lipinski definition) is 3. The Balaban J connectivity index is 1.96. The van der Waals surface area contributed by atoms with Gasteiger partial charge in [-0.25, -0.2) is 9.18 Å². The van der Waals surface area contributed by atoms with Crippen LogP contribution >= 0.6 is 0 Å². The van der Waals surface area contributed by atoms with Gasteiger partial charge in [0.15, 0.2) is 0 Å². The zero-order valence-corrected chi connectivity index (χ0v) is 10.5. The summed E-state index contributed by atoms with van der Waals surface area (Å²) in [4.78, 5) is 23.5. The number of rotatable bonds is 2. The molecule has 102 valence electrons. The summed E-state index contributed by atoms with van der Waals surface area (Å²) in [5.74, 6) is -0.919. The highest BCUT2D eigenvalue weighted by Gasteiger charge is 2.50. The molecular weight excluding hydrogens is 261 g/mol. The van der Waals surface area contributed by atoms with E-state index in [1.165, 1.54) is 12.1 Å². The van der Waals surface area contributed by atoms with Crippen LogP contribution in [0.1, 0.15) is 5.56 Å². The first kappa shape index (κ1) is 12.6. The van der Waals surface area contributed by atoms with Crippen LogP contribution in [-0.4, -0.2) is 18.1 Å². The second-order valence-electron chi connectivity index (χ2n) is 4.89. The largest absolute Gasteiger partial charge is 0.415 e. The van der Waals surface area contributed by atoms with E-state index < -0.39 is 23.5 Å². The van der Waals surface area contributed by atoms with Gasteiger partial charge in [0.05, 0.1) is 6.04 Å². The second-order valence-corrected chi connectivity index (χ2v) is 4.89. The quantitative estimate of drug-likeness (QED) is 0.663. The van der Waals surface area contributed by atoms with Crippen molar-refractivity contribution in [3.05, 3.63) is 60.0 Å². The van der Waals surface area contributed by atoms with Crippen molar-refractivity contribution in [3.8, 4) is 0 Å². The molecule has 4 nitrogen and oxygen atoms in total. The molecule has 0 radical (unpaired) electrons. The van der Waals surface area contributed by atoms with E-state index >= 15 is 0 Å². The zero-order valence-electron chi connectivity index (χ0n) is 10.5. The number of carbonyl (C=O) groups is 2. The average molecular weight is 273 g/mol. The van der Waals surface area contributed by atoms with Crippen molar-refractivity contribution < 1.29 is 18.7 Å². The van der Waals surface area contributed by atoms with Crippen LogP contribution in [0.15, 0.2) is 48.6 Å². The number of esters is 1. The molecule has 2 unspecified atom stereocenters. The highest BCUT2D eigenvalue weighted by molar-refractivity contribution is 5.94. The number of nitrogens with one attached hydrogen (secondary N) is 1. The van der Waals surface area contributed by atoms with E-state index in [1.54, 1.807) is 36.4 Å². The molecule has 0 saturated carbocycles. The molecule has 1 aromatic rings. The van der Waals surface area contributed by atoms with Crippen molar-refractivity contribution in [2.75, 3.05) is 0 Å². The number of alkyl carbamates (subject to hydrolysis) is 1. The van der Waals surface area contributed by atoms with Gasteiger partial charge < -0.3 is 10.1 Å². The lowest BCUT2D eigenvalue weighted by Crippen LogP contribution is -2.58. The zero-order chi connectivity index (χ0) is 14.2. The fourth-order valence-electron chi connectivity index (χ4n) is 2.57. The van der Waals surface area contributed by atoms with Crippen LogP contribution in [0, 0.1) is 11.2 Å². The summed E-state index contributed by atoms with van der Waals surface area (Å²) in [6.07, 6.45) is 6.59. The number of ether oxygens (including phenoxy) is 1. The lowest BCUT2D eigenvalue weighted by atomic mass is 9.72. The van der Waals surface area contributed by atoms with Crippen molar-refractivity contribution in [3.63, 3.8) is 0 Å². The minimum atomic E-state index is -0.972. The lowest BCUT2D eigenvalue weighted by Gasteiger charge is -2.39. The van der Waals surface area contributed by atoms with Gasteiger partial charge >= 0.3 is 12.1 Å². The van der Waals surface area contributed by atoms with E-state index in [1.807, 2.05) is 0 Å². The minimum absolute atomic E-state index is 0.331. The number of halogens is 1. The van der Waals surface area contributed by atoms with Crippen molar-refractivity contribution >= 4 is 12.1 Å². The predicted molar refractivity (Wildman–Crippen MR) is 69.2 cm³/mol. The van der Waals surface area contributed by atoms with Crippen molar-refractivity contribution in [2.24, 2.45) is 5.41 Å². The third-order valence-corrected chi connectivity index (χ3v) is 3.61. The Kier molecular flexibility index (Phi) is 2.89. The molecule has 20 heavy (non-hydrogen) atoms. The molecule has 0 spiro atoms. The van der Waals surface area contributed by atoms with Gasteiger partial charge in [0.25, 0.3) is 0 Å². The number of cyclic esters (lactones) is 2. The Morgan fingerprint density at radius 3 is 2.70 bits per heavy atom. The van der Waals surface area contributed by atoms with Gasteiger partial charge in [0.1, 0.15) is 11.2 Å². The summed E-state index contributed by atoms with van der Waals surface area (Å²) in [5, 5.41) is 2.63. The van der Waals surface area contributed by atoms with E-state index in [9.17, 15) is 14.0 Å². The number of fused-ring (bicyclic) bond motifs is 1. The van der Waals surface area contributed by atoms with Gasteiger partial charge in [-0.15, -0.1) is 0 Å². The monoisotopic (exact) mass is 273 g/mol. The summed E-state index contributed by atoms with van der Waals surface area (Å²) >= 11 is 0. The fourth-order valence-corrected chi connectivity index (χ4v) is 2.57. The molecule has 0 aromatic heterocycles.